The van der Waals surface area contributed by atoms with Crippen LogP contribution in [0.4, 0.5) is 5.82 Å². The molecule has 1 heterocycles. The number of aromatic nitrogens is 2. The molecule has 2 rings (SSSR count). The third-order valence-electron chi connectivity index (χ3n) is 4.15. The normalized spacial score (nSPS) is 17.9. The standard InChI is InChI=1S/C16H28N4/c1-13(2)15-17-10-7-14(19-15)18-11-16(12-20(3)4)8-5-6-9-16/h7,10,13H,5-6,8-9,11-12H2,1-4H3,(H,17,18,19). The zero-order valence-electron chi connectivity index (χ0n) is 13.3. The van der Waals surface area contributed by atoms with Crippen molar-refractivity contribution in [3.05, 3.63) is 18.1 Å². The summed E-state index contributed by atoms with van der Waals surface area (Å²) in [6.07, 6.45) is 7.21. The zero-order valence-corrected chi connectivity index (χ0v) is 13.3. The lowest BCUT2D eigenvalue weighted by molar-refractivity contribution is 0.215. The number of nitrogens with one attached hydrogen (secondary N) is 1. The van der Waals surface area contributed by atoms with E-state index >= 15 is 0 Å². The van der Waals surface area contributed by atoms with Crippen LogP contribution in [0.15, 0.2) is 12.3 Å². The number of anilines is 1. The topological polar surface area (TPSA) is 41.1 Å². The van der Waals surface area contributed by atoms with E-state index in [-0.39, 0.29) is 0 Å². The van der Waals surface area contributed by atoms with Crippen LogP contribution in [0.3, 0.4) is 0 Å². The minimum Gasteiger partial charge on any atom is -0.369 e. The first-order valence-corrected chi connectivity index (χ1v) is 7.72. The highest BCUT2D eigenvalue weighted by Crippen LogP contribution is 2.38. The minimum atomic E-state index is 0.374. The van der Waals surface area contributed by atoms with Crippen molar-refractivity contribution >= 4 is 5.82 Å². The van der Waals surface area contributed by atoms with Crippen LogP contribution in [-0.2, 0) is 0 Å². The van der Waals surface area contributed by atoms with Crippen LogP contribution < -0.4 is 5.32 Å². The van der Waals surface area contributed by atoms with Crippen molar-refractivity contribution in [2.45, 2.75) is 45.4 Å². The molecular weight excluding hydrogens is 248 g/mol. The van der Waals surface area contributed by atoms with E-state index in [1.807, 2.05) is 12.3 Å². The number of rotatable bonds is 6. The van der Waals surface area contributed by atoms with Gasteiger partial charge in [-0.25, -0.2) is 9.97 Å². The van der Waals surface area contributed by atoms with Crippen LogP contribution >= 0.6 is 0 Å². The van der Waals surface area contributed by atoms with Crippen molar-refractivity contribution in [1.82, 2.24) is 14.9 Å². The van der Waals surface area contributed by atoms with Crippen LogP contribution in [0.1, 0.15) is 51.3 Å². The van der Waals surface area contributed by atoms with Gasteiger partial charge < -0.3 is 10.2 Å². The minimum absolute atomic E-state index is 0.374. The maximum Gasteiger partial charge on any atom is 0.133 e. The van der Waals surface area contributed by atoms with Gasteiger partial charge in [0.15, 0.2) is 0 Å². The molecule has 0 radical (unpaired) electrons. The first-order chi connectivity index (χ1) is 9.51. The monoisotopic (exact) mass is 276 g/mol. The molecule has 0 atom stereocenters. The van der Waals surface area contributed by atoms with E-state index in [0.29, 0.717) is 11.3 Å². The molecule has 0 bridgehead atoms. The van der Waals surface area contributed by atoms with E-state index in [4.69, 9.17) is 0 Å². The van der Waals surface area contributed by atoms with Gasteiger partial charge in [0.05, 0.1) is 0 Å². The fourth-order valence-corrected chi connectivity index (χ4v) is 3.22. The molecule has 1 saturated carbocycles. The van der Waals surface area contributed by atoms with Crippen molar-refractivity contribution in [2.24, 2.45) is 5.41 Å². The van der Waals surface area contributed by atoms with Crippen LogP contribution in [0, 0.1) is 5.41 Å². The lowest BCUT2D eigenvalue weighted by Gasteiger charge is -2.32. The molecule has 1 aromatic rings. The summed E-state index contributed by atoms with van der Waals surface area (Å²) in [6.45, 7) is 6.43. The van der Waals surface area contributed by atoms with Crippen LogP contribution in [0.5, 0.6) is 0 Å². The van der Waals surface area contributed by atoms with Gasteiger partial charge in [0.2, 0.25) is 0 Å². The van der Waals surface area contributed by atoms with Gasteiger partial charge in [-0.15, -0.1) is 0 Å². The molecule has 1 aliphatic rings. The van der Waals surface area contributed by atoms with Gasteiger partial charge in [0.25, 0.3) is 0 Å². The molecule has 0 spiro atoms. The summed E-state index contributed by atoms with van der Waals surface area (Å²) in [5.41, 5.74) is 0.409. The molecule has 0 saturated heterocycles. The smallest absolute Gasteiger partial charge is 0.133 e. The lowest BCUT2D eigenvalue weighted by atomic mass is 9.85. The second-order valence-electron chi connectivity index (χ2n) is 6.75. The van der Waals surface area contributed by atoms with Crippen molar-refractivity contribution in [3.8, 4) is 0 Å². The second-order valence-corrected chi connectivity index (χ2v) is 6.75. The molecule has 1 N–H and O–H groups in total. The maximum atomic E-state index is 4.61. The van der Waals surface area contributed by atoms with Gasteiger partial charge in [0, 0.05) is 30.6 Å². The van der Waals surface area contributed by atoms with Gasteiger partial charge in [-0.3, -0.25) is 0 Å². The Hall–Kier alpha value is -1.16. The first kappa shape index (κ1) is 15.2. The zero-order chi connectivity index (χ0) is 14.6. The van der Waals surface area contributed by atoms with Crippen LogP contribution in [-0.4, -0.2) is 42.1 Å². The average Bonchev–Trinajstić information content (AvgIpc) is 2.85. The molecule has 112 valence electrons. The third kappa shape index (κ3) is 3.92. The Kier molecular flexibility index (Phi) is 4.97. The fourth-order valence-electron chi connectivity index (χ4n) is 3.22. The summed E-state index contributed by atoms with van der Waals surface area (Å²) < 4.78 is 0. The number of nitrogens with zero attached hydrogens (tertiary/aromatic N) is 3. The highest BCUT2D eigenvalue weighted by molar-refractivity contribution is 5.33. The molecule has 0 unspecified atom stereocenters. The van der Waals surface area contributed by atoms with E-state index < -0.39 is 0 Å². The Bertz CT molecular complexity index is 422. The summed E-state index contributed by atoms with van der Waals surface area (Å²) in [4.78, 5) is 11.2. The van der Waals surface area contributed by atoms with Crippen LogP contribution in [0.2, 0.25) is 0 Å². The fraction of sp³-hybridized carbons (Fsp3) is 0.750. The van der Waals surface area contributed by atoms with Gasteiger partial charge in [-0.1, -0.05) is 26.7 Å². The summed E-state index contributed by atoms with van der Waals surface area (Å²) in [6, 6.07) is 1.98. The van der Waals surface area contributed by atoms with Crippen molar-refractivity contribution in [2.75, 3.05) is 32.5 Å². The van der Waals surface area contributed by atoms with Crippen molar-refractivity contribution in [1.29, 1.82) is 0 Å². The predicted molar refractivity (Wildman–Crippen MR) is 84.1 cm³/mol. The molecule has 4 heteroatoms. The largest absolute Gasteiger partial charge is 0.369 e. The summed E-state index contributed by atoms with van der Waals surface area (Å²) in [5.74, 6) is 2.26. The quantitative estimate of drug-likeness (QED) is 0.866. The number of hydrogen-bond acceptors (Lipinski definition) is 4. The molecule has 20 heavy (non-hydrogen) atoms. The van der Waals surface area contributed by atoms with E-state index in [1.54, 1.807) is 0 Å². The Labute approximate surface area is 123 Å². The van der Waals surface area contributed by atoms with Gasteiger partial charge >= 0.3 is 0 Å². The van der Waals surface area contributed by atoms with Crippen LogP contribution in [0.25, 0.3) is 0 Å². The summed E-state index contributed by atoms with van der Waals surface area (Å²) >= 11 is 0. The Morgan fingerprint density at radius 3 is 2.60 bits per heavy atom. The SMILES string of the molecule is CC(C)c1nccc(NCC2(CN(C)C)CCCC2)n1. The molecule has 4 nitrogen and oxygen atoms in total. The van der Waals surface area contributed by atoms with Crippen molar-refractivity contribution < 1.29 is 0 Å². The highest BCUT2D eigenvalue weighted by atomic mass is 15.1. The lowest BCUT2D eigenvalue weighted by Crippen LogP contribution is -2.37. The predicted octanol–water partition coefficient (Wildman–Crippen LogP) is 3.13. The molecule has 0 aliphatic heterocycles. The molecule has 0 amide bonds. The Balaban J connectivity index is 2.00. The van der Waals surface area contributed by atoms with Crippen molar-refractivity contribution in [3.63, 3.8) is 0 Å². The molecule has 1 aliphatic carbocycles. The third-order valence-corrected chi connectivity index (χ3v) is 4.15. The van der Waals surface area contributed by atoms with E-state index in [1.165, 1.54) is 25.7 Å². The van der Waals surface area contributed by atoms with E-state index in [0.717, 1.165) is 24.7 Å². The van der Waals surface area contributed by atoms with Gasteiger partial charge in [-0.05, 0) is 33.0 Å². The summed E-state index contributed by atoms with van der Waals surface area (Å²) in [5, 5.41) is 3.55. The molecule has 0 aromatic carbocycles. The molecule has 1 fully saturated rings. The Morgan fingerprint density at radius 2 is 2.00 bits per heavy atom. The van der Waals surface area contributed by atoms with E-state index in [2.05, 4.69) is 48.1 Å². The van der Waals surface area contributed by atoms with Gasteiger partial charge in [0.1, 0.15) is 11.6 Å². The maximum absolute atomic E-state index is 4.61. The average molecular weight is 276 g/mol. The first-order valence-electron chi connectivity index (χ1n) is 7.72. The molecule has 1 aromatic heterocycles. The summed E-state index contributed by atoms with van der Waals surface area (Å²) in [7, 11) is 4.34. The Morgan fingerprint density at radius 1 is 1.30 bits per heavy atom. The van der Waals surface area contributed by atoms with E-state index in [9.17, 15) is 0 Å². The van der Waals surface area contributed by atoms with Gasteiger partial charge in [-0.2, -0.15) is 0 Å². The number of hydrogen-bond donors (Lipinski definition) is 1. The molecular formula is C16H28N4. The second kappa shape index (κ2) is 6.53. The highest BCUT2D eigenvalue weighted by Gasteiger charge is 2.34.